The van der Waals surface area contributed by atoms with Crippen molar-refractivity contribution in [3.05, 3.63) is 66.0 Å². The first-order valence-corrected chi connectivity index (χ1v) is 9.16. The van der Waals surface area contributed by atoms with Gasteiger partial charge < -0.3 is 15.0 Å². The molecule has 1 fully saturated rings. The molecular formula is C21H25FN2O2. The summed E-state index contributed by atoms with van der Waals surface area (Å²) in [4.78, 5) is 14.8. The van der Waals surface area contributed by atoms with Crippen LogP contribution in [0, 0.1) is 5.82 Å². The van der Waals surface area contributed by atoms with E-state index in [2.05, 4.69) is 10.2 Å². The van der Waals surface area contributed by atoms with Gasteiger partial charge in [0.05, 0.1) is 19.1 Å². The molecule has 1 unspecified atom stereocenters. The lowest BCUT2D eigenvalue weighted by molar-refractivity contribution is -0.122. The first kappa shape index (κ1) is 18.4. The number of rotatable bonds is 8. The highest BCUT2D eigenvalue weighted by molar-refractivity contribution is 5.76. The van der Waals surface area contributed by atoms with Crippen LogP contribution in [0.15, 0.2) is 54.6 Å². The molecule has 1 amide bonds. The average molecular weight is 356 g/mol. The largest absolute Gasteiger partial charge is 0.490 e. The predicted molar refractivity (Wildman–Crippen MR) is 99.5 cm³/mol. The SMILES string of the molecule is O=C(CCOc1ccccc1F)NC(CN1CCCC1)c1ccccc1. The van der Waals surface area contributed by atoms with Gasteiger partial charge in [-0.25, -0.2) is 4.39 Å². The third-order valence-corrected chi connectivity index (χ3v) is 4.60. The minimum atomic E-state index is -0.413. The molecule has 1 N–H and O–H groups in total. The Kier molecular flexibility index (Phi) is 6.61. The van der Waals surface area contributed by atoms with Gasteiger partial charge >= 0.3 is 0 Å². The summed E-state index contributed by atoms with van der Waals surface area (Å²) in [6, 6.07) is 16.2. The molecule has 26 heavy (non-hydrogen) atoms. The van der Waals surface area contributed by atoms with Gasteiger partial charge in [0, 0.05) is 6.54 Å². The third kappa shape index (κ3) is 5.30. The molecule has 0 aliphatic carbocycles. The molecule has 0 aromatic heterocycles. The quantitative estimate of drug-likeness (QED) is 0.786. The van der Waals surface area contributed by atoms with Crippen molar-refractivity contribution >= 4 is 5.91 Å². The molecule has 2 aromatic carbocycles. The van der Waals surface area contributed by atoms with Crippen LogP contribution in [0.3, 0.4) is 0 Å². The highest BCUT2D eigenvalue weighted by Crippen LogP contribution is 2.18. The third-order valence-electron chi connectivity index (χ3n) is 4.60. The maximum absolute atomic E-state index is 13.5. The van der Waals surface area contributed by atoms with Crippen LogP contribution >= 0.6 is 0 Å². The molecule has 1 aliphatic rings. The number of likely N-dealkylation sites (tertiary alicyclic amines) is 1. The minimum absolute atomic E-state index is 0.0461. The number of para-hydroxylation sites is 1. The summed E-state index contributed by atoms with van der Waals surface area (Å²) in [6.07, 6.45) is 2.62. The summed E-state index contributed by atoms with van der Waals surface area (Å²) in [6.45, 7) is 3.12. The van der Waals surface area contributed by atoms with Gasteiger partial charge in [-0.3, -0.25) is 4.79 Å². The van der Waals surface area contributed by atoms with Crippen molar-refractivity contribution < 1.29 is 13.9 Å². The number of carbonyl (C=O) groups excluding carboxylic acids is 1. The van der Waals surface area contributed by atoms with Crippen LogP contribution < -0.4 is 10.1 Å². The van der Waals surface area contributed by atoms with Crippen molar-refractivity contribution in [3.63, 3.8) is 0 Å². The van der Waals surface area contributed by atoms with E-state index >= 15 is 0 Å². The number of amides is 1. The Hall–Kier alpha value is -2.40. The Labute approximate surface area is 154 Å². The molecule has 0 spiro atoms. The van der Waals surface area contributed by atoms with Crippen molar-refractivity contribution in [2.45, 2.75) is 25.3 Å². The number of hydrogen-bond donors (Lipinski definition) is 1. The predicted octanol–water partition coefficient (Wildman–Crippen LogP) is 3.55. The Morgan fingerprint density at radius 3 is 2.50 bits per heavy atom. The molecule has 2 aromatic rings. The lowest BCUT2D eigenvalue weighted by Crippen LogP contribution is -2.37. The molecule has 138 valence electrons. The van der Waals surface area contributed by atoms with Gasteiger partial charge in [-0.15, -0.1) is 0 Å². The molecule has 0 saturated carbocycles. The highest BCUT2D eigenvalue weighted by Gasteiger charge is 2.20. The standard InChI is InChI=1S/C21H25FN2O2/c22-18-10-4-5-11-20(18)26-15-12-21(25)23-19(16-24-13-6-7-14-24)17-8-2-1-3-9-17/h1-5,8-11,19H,6-7,12-16H2,(H,23,25). The minimum Gasteiger partial charge on any atom is -0.490 e. The molecular weight excluding hydrogens is 331 g/mol. The van der Waals surface area contributed by atoms with Crippen LogP contribution in [0.2, 0.25) is 0 Å². The second-order valence-corrected chi connectivity index (χ2v) is 6.57. The van der Waals surface area contributed by atoms with Gasteiger partial charge in [-0.2, -0.15) is 0 Å². The fraction of sp³-hybridized carbons (Fsp3) is 0.381. The zero-order chi connectivity index (χ0) is 18.2. The zero-order valence-corrected chi connectivity index (χ0v) is 14.9. The Bertz CT molecular complexity index is 702. The van der Waals surface area contributed by atoms with Crippen molar-refractivity contribution in [1.29, 1.82) is 0 Å². The van der Waals surface area contributed by atoms with E-state index in [1.165, 1.54) is 18.9 Å². The number of hydrogen-bond acceptors (Lipinski definition) is 3. The van der Waals surface area contributed by atoms with E-state index in [1.54, 1.807) is 18.2 Å². The first-order chi connectivity index (χ1) is 12.7. The van der Waals surface area contributed by atoms with Crippen LogP contribution in [0.1, 0.15) is 30.9 Å². The number of halogens is 1. The molecule has 5 heteroatoms. The number of benzene rings is 2. The van der Waals surface area contributed by atoms with Crippen LogP contribution in [-0.2, 0) is 4.79 Å². The van der Waals surface area contributed by atoms with Gasteiger partial charge in [0.1, 0.15) is 0 Å². The van der Waals surface area contributed by atoms with Crippen molar-refractivity contribution in [2.75, 3.05) is 26.2 Å². The van der Waals surface area contributed by atoms with Crippen molar-refractivity contribution in [3.8, 4) is 5.75 Å². The lowest BCUT2D eigenvalue weighted by atomic mass is 10.1. The summed E-state index contributed by atoms with van der Waals surface area (Å²) in [7, 11) is 0. The van der Waals surface area contributed by atoms with Gasteiger partial charge in [0.25, 0.3) is 0 Å². The fourth-order valence-corrected chi connectivity index (χ4v) is 3.23. The van der Waals surface area contributed by atoms with E-state index in [4.69, 9.17) is 4.74 Å². The number of carbonyl (C=O) groups is 1. The molecule has 1 heterocycles. The Morgan fingerprint density at radius 2 is 1.77 bits per heavy atom. The van der Waals surface area contributed by atoms with Gasteiger partial charge in [-0.05, 0) is 43.6 Å². The van der Waals surface area contributed by atoms with E-state index in [-0.39, 0.29) is 30.7 Å². The molecule has 1 atom stereocenters. The summed E-state index contributed by atoms with van der Waals surface area (Å²) in [5.41, 5.74) is 1.10. The monoisotopic (exact) mass is 356 g/mol. The van der Waals surface area contributed by atoms with Crippen molar-refractivity contribution in [2.24, 2.45) is 0 Å². The topological polar surface area (TPSA) is 41.6 Å². The number of ether oxygens (including phenoxy) is 1. The average Bonchev–Trinajstić information content (AvgIpc) is 3.17. The maximum atomic E-state index is 13.5. The van der Waals surface area contributed by atoms with Crippen LogP contribution in [0.25, 0.3) is 0 Å². The lowest BCUT2D eigenvalue weighted by Gasteiger charge is -2.25. The van der Waals surface area contributed by atoms with Crippen LogP contribution in [0.5, 0.6) is 5.75 Å². The molecule has 1 aliphatic heterocycles. The second-order valence-electron chi connectivity index (χ2n) is 6.57. The summed E-state index contributed by atoms with van der Waals surface area (Å²) >= 11 is 0. The first-order valence-electron chi connectivity index (χ1n) is 9.16. The van der Waals surface area contributed by atoms with Crippen LogP contribution in [-0.4, -0.2) is 37.0 Å². The number of nitrogens with zero attached hydrogens (tertiary/aromatic N) is 1. The van der Waals surface area contributed by atoms with Gasteiger partial charge in [0.15, 0.2) is 11.6 Å². The molecule has 0 bridgehead atoms. The van der Waals surface area contributed by atoms with E-state index in [0.29, 0.717) is 0 Å². The van der Waals surface area contributed by atoms with E-state index < -0.39 is 5.82 Å². The van der Waals surface area contributed by atoms with Crippen molar-refractivity contribution in [1.82, 2.24) is 10.2 Å². The summed E-state index contributed by atoms with van der Waals surface area (Å²) in [5, 5.41) is 3.11. The van der Waals surface area contributed by atoms with Gasteiger partial charge in [-0.1, -0.05) is 42.5 Å². The maximum Gasteiger partial charge on any atom is 0.223 e. The molecule has 1 saturated heterocycles. The second kappa shape index (κ2) is 9.34. The Balaban J connectivity index is 1.53. The molecule has 3 rings (SSSR count). The fourth-order valence-electron chi connectivity index (χ4n) is 3.23. The zero-order valence-electron chi connectivity index (χ0n) is 14.9. The van der Waals surface area contributed by atoms with E-state index in [0.717, 1.165) is 25.2 Å². The summed E-state index contributed by atoms with van der Waals surface area (Å²) in [5.74, 6) is -0.324. The van der Waals surface area contributed by atoms with E-state index in [1.807, 2.05) is 30.3 Å². The van der Waals surface area contributed by atoms with Gasteiger partial charge in [0.2, 0.25) is 5.91 Å². The normalized spacial score (nSPS) is 15.6. The smallest absolute Gasteiger partial charge is 0.223 e. The van der Waals surface area contributed by atoms with Crippen LogP contribution in [0.4, 0.5) is 4.39 Å². The highest BCUT2D eigenvalue weighted by atomic mass is 19.1. The molecule has 0 radical (unpaired) electrons. The molecule has 4 nitrogen and oxygen atoms in total. The summed E-state index contributed by atoms with van der Waals surface area (Å²) < 4.78 is 18.9. The Morgan fingerprint density at radius 1 is 1.08 bits per heavy atom. The van der Waals surface area contributed by atoms with E-state index in [9.17, 15) is 9.18 Å². The number of nitrogens with one attached hydrogen (secondary N) is 1.